The fraction of sp³-hybridized carbons (Fsp3) is 0.312. The van der Waals surface area contributed by atoms with Gasteiger partial charge in [0.2, 0.25) is 0 Å². The Morgan fingerprint density at radius 3 is 2.70 bits per heavy atom. The molecule has 1 aromatic rings. The molecular weight excluding hydrogens is 298 g/mol. The van der Waals surface area contributed by atoms with E-state index in [1.165, 1.54) is 18.3 Å². The Kier molecular flexibility index (Phi) is 7.72. The number of amides is 1. The highest BCUT2D eigenvalue weighted by atomic mass is 16.4. The van der Waals surface area contributed by atoms with Crippen LogP contribution < -0.4 is 10.6 Å². The molecule has 4 N–H and O–H groups in total. The quantitative estimate of drug-likeness (QED) is 0.314. The molecule has 7 heteroatoms. The summed E-state index contributed by atoms with van der Waals surface area (Å²) in [5.41, 5.74) is 0.470. The van der Waals surface area contributed by atoms with Crippen LogP contribution in [0.4, 0.5) is 5.69 Å². The van der Waals surface area contributed by atoms with E-state index in [2.05, 4.69) is 10.6 Å². The Hall–Kier alpha value is -3.01. The summed E-state index contributed by atoms with van der Waals surface area (Å²) in [4.78, 5) is 22.2. The van der Waals surface area contributed by atoms with Crippen molar-refractivity contribution in [2.45, 2.75) is 25.7 Å². The number of nitriles is 1. The van der Waals surface area contributed by atoms with Gasteiger partial charge in [-0.25, -0.2) is 0 Å². The number of aliphatic carboxylic acids is 1. The van der Waals surface area contributed by atoms with E-state index in [1.54, 1.807) is 18.2 Å². The summed E-state index contributed by atoms with van der Waals surface area (Å²) in [6.07, 6.45) is 3.29. The maximum absolute atomic E-state index is 11.8. The van der Waals surface area contributed by atoms with Gasteiger partial charge in [0.15, 0.2) is 0 Å². The number of phenols is 1. The van der Waals surface area contributed by atoms with Crippen LogP contribution in [0.1, 0.15) is 25.7 Å². The number of carboxylic acids is 1. The van der Waals surface area contributed by atoms with E-state index in [-0.39, 0.29) is 17.7 Å². The lowest BCUT2D eigenvalue weighted by Gasteiger charge is -2.05. The van der Waals surface area contributed by atoms with Crippen molar-refractivity contribution < 1.29 is 19.8 Å². The molecule has 1 rings (SSSR count). The zero-order chi connectivity index (χ0) is 17.1. The Balaban J connectivity index is 2.38. The molecule has 0 bridgehead atoms. The number of carbonyl (C=O) groups excluding carboxylic acids is 1. The molecule has 23 heavy (non-hydrogen) atoms. The fourth-order valence-electron chi connectivity index (χ4n) is 1.77. The first-order valence-corrected chi connectivity index (χ1v) is 7.18. The van der Waals surface area contributed by atoms with Gasteiger partial charge in [0.1, 0.15) is 17.4 Å². The number of hydrogen-bond donors (Lipinski definition) is 4. The Bertz CT molecular complexity index is 620. The van der Waals surface area contributed by atoms with Crippen LogP contribution in [0, 0.1) is 11.3 Å². The van der Waals surface area contributed by atoms with Crippen LogP contribution in [-0.4, -0.2) is 28.6 Å². The van der Waals surface area contributed by atoms with Gasteiger partial charge < -0.3 is 20.8 Å². The molecule has 0 atom stereocenters. The van der Waals surface area contributed by atoms with Crippen molar-refractivity contribution in [2.75, 3.05) is 11.9 Å². The molecule has 0 aromatic heterocycles. The van der Waals surface area contributed by atoms with Crippen molar-refractivity contribution in [1.82, 2.24) is 5.32 Å². The highest BCUT2D eigenvalue weighted by Gasteiger charge is 2.08. The van der Waals surface area contributed by atoms with Gasteiger partial charge in [0, 0.05) is 30.9 Å². The van der Waals surface area contributed by atoms with E-state index in [4.69, 9.17) is 10.4 Å². The number of unbranched alkanes of at least 4 members (excludes halogenated alkanes) is 2. The summed E-state index contributed by atoms with van der Waals surface area (Å²) < 4.78 is 0. The molecule has 0 fully saturated rings. The topological polar surface area (TPSA) is 122 Å². The highest BCUT2D eigenvalue weighted by Crippen LogP contribution is 2.15. The molecule has 0 unspecified atom stereocenters. The molecule has 0 aliphatic heterocycles. The van der Waals surface area contributed by atoms with Gasteiger partial charge in [0.25, 0.3) is 5.91 Å². The lowest BCUT2D eigenvalue weighted by molar-refractivity contribution is -0.137. The summed E-state index contributed by atoms with van der Waals surface area (Å²) >= 11 is 0. The third-order valence-electron chi connectivity index (χ3n) is 2.95. The smallest absolute Gasteiger partial charge is 0.303 e. The Labute approximate surface area is 134 Å². The summed E-state index contributed by atoms with van der Waals surface area (Å²) in [5.74, 6) is -1.26. The Morgan fingerprint density at radius 1 is 1.26 bits per heavy atom. The van der Waals surface area contributed by atoms with Crippen LogP contribution in [0.15, 0.2) is 36.0 Å². The van der Waals surface area contributed by atoms with Crippen molar-refractivity contribution in [3.05, 3.63) is 36.0 Å². The third kappa shape index (κ3) is 7.52. The number of phenolic OH excluding ortho intramolecular Hbond substituents is 1. The number of hydrogen-bond acceptors (Lipinski definition) is 5. The molecular formula is C16H19N3O4. The van der Waals surface area contributed by atoms with Crippen LogP contribution in [0.3, 0.4) is 0 Å². The monoisotopic (exact) mass is 317 g/mol. The fourth-order valence-corrected chi connectivity index (χ4v) is 1.77. The van der Waals surface area contributed by atoms with E-state index in [9.17, 15) is 14.7 Å². The van der Waals surface area contributed by atoms with Gasteiger partial charge in [-0.1, -0.05) is 12.5 Å². The molecule has 1 amide bonds. The predicted octanol–water partition coefficient (Wildman–Crippen LogP) is 1.97. The summed E-state index contributed by atoms with van der Waals surface area (Å²) in [6.45, 7) is 0.379. The number of aromatic hydroxyl groups is 1. The number of carboxylic acid groups (broad SMARTS) is 1. The van der Waals surface area contributed by atoms with E-state index < -0.39 is 11.9 Å². The second kappa shape index (κ2) is 9.84. The first-order chi connectivity index (χ1) is 11.0. The zero-order valence-electron chi connectivity index (χ0n) is 12.6. The van der Waals surface area contributed by atoms with E-state index >= 15 is 0 Å². The lowest BCUT2D eigenvalue weighted by Crippen LogP contribution is -2.26. The van der Waals surface area contributed by atoms with Crippen LogP contribution in [0.25, 0.3) is 0 Å². The molecule has 0 spiro atoms. The van der Waals surface area contributed by atoms with Crippen LogP contribution >= 0.6 is 0 Å². The number of benzene rings is 1. The van der Waals surface area contributed by atoms with E-state index in [0.717, 1.165) is 0 Å². The largest absolute Gasteiger partial charge is 0.508 e. The van der Waals surface area contributed by atoms with E-state index in [0.29, 0.717) is 31.5 Å². The third-order valence-corrected chi connectivity index (χ3v) is 2.95. The first kappa shape index (κ1) is 18.0. The van der Waals surface area contributed by atoms with Gasteiger partial charge in [-0.2, -0.15) is 5.26 Å². The van der Waals surface area contributed by atoms with Crippen molar-refractivity contribution in [2.24, 2.45) is 0 Å². The van der Waals surface area contributed by atoms with Crippen LogP contribution in [0.2, 0.25) is 0 Å². The molecule has 122 valence electrons. The molecule has 1 aromatic carbocycles. The average Bonchev–Trinajstić information content (AvgIpc) is 2.51. The zero-order valence-corrected chi connectivity index (χ0v) is 12.6. The predicted molar refractivity (Wildman–Crippen MR) is 84.5 cm³/mol. The maximum Gasteiger partial charge on any atom is 0.303 e. The summed E-state index contributed by atoms with van der Waals surface area (Å²) in [7, 11) is 0. The Morgan fingerprint density at radius 2 is 2.04 bits per heavy atom. The molecule has 0 radical (unpaired) electrons. The normalized spacial score (nSPS) is 10.7. The molecule has 0 saturated carbocycles. The average molecular weight is 317 g/mol. The maximum atomic E-state index is 11.8. The van der Waals surface area contributed by atoms with Crippen molar-refractivity contribution in [3.63, 3.8) is 0 Å². The summed E-state index contributed by atoms with van der Waals surface area (Å²) in [6, 6.07) is 8.10. The second-order valence-corrected chi connectivity index (χ2v) is 4.82. The van der Waals surface area contributed by atoms with Crippen LogP contribution in [-0.2, 0) is 9.59 Å². The number of nitrogens with zero attached hydrogens (tertiary/aromatic N) is 1. The van der Waals surface area contributed by atoms with Crippen LogP contribution in [0.5, 0.6) is 5.75 Å². The SMILES string of the molecule is N#C/C(=C/Nc1cccc(O)c1)C(=O)NCCCCCC(=O)O. The first-order valence-electron chi connectivity index (χ1n) is 7.18. The number of rotatable bonds is 9. The van der Waals surface area contributed by atoms with Gasteiger partial charge in [-0.05, 0) is 25.0 Å². The highest BCUT2D eigenvalue weighted by molar-refractivity contribution is 5.97. The minimum atomic E-state index is -0.832. The van der Waals surface area contributed by atoms with Gasteiger partial charge in [0.05, 0.1) is 0 Å². The standard InChI is InChI=1S/C16H19N3O4/c17-10-12(11-19-13-5-4-6-14(20)9-13)16(23)18-8-3-1-2-7-15(21)22/h4-6,9,11,19-20H,1-3,7-8H2,(H,18,23)(H,21,22)/b12-11-. The minimum Gasteiger partial charge on any atom is -0.508 e. The molecule has 0 aliphatic carbocycles. The molecule has 0 saturated heterocycles. The van der Waals surface area contributed by atoms with Crippen molar-refractivity contribution in [1.29, 1.82) is 5.26 Å². The number of nitrogens with one attached hydrogen (secondary N) is 2. The number of anilines is 1. The minimum absolute atomic E-state index is 0.0766. The van der Waals surface area contributed by atoms with Crippen molar-refractivity contribution in [3.8, 4) is 11.8 Å². The van der Waals surface area contributed by atoms with Gasteiger partial charge in [-0.15, -0.1) is 0 Å². The second-order valence-electron chi connectivity index (χ2n) is 4.82. The molecule has 0 aliphatic rings. The van der Waals surface area contributed by atoms with Gasteiger partial charge >= 0.3 is 5.97 Å². The molecule has 7 nitrogen and oxygen atoms in total. The molecule has 0 heterocycles. The van der Waals surface area contributed by atoms with Crippen molar-refractivity contribution >= 4 is 17.6 Å². The summed E-state index contributed by atoms with van der Waals surface area (Å²) in [5, 5.41) is 32.2. The lowest BCUT2D eigenvalue weighted by atomic mass is 10.2. The van der Waals surface area contributed by atoms with Gasteiger partial charge in [-0.3, -0.25) is 9.59 Å². The number of carbonyl (C=O) groups is 2. The van der Waals surface area contributed by atoms with E-state index in [1.807, 2.05) is 0 Å².